The minimum atomic E-state index is -3.51. The van der Waals surface area contributed by atoms with Crippen molar-refractivity contribution in [3.63, 3.8) is 0 Å². The Morgan fingerprint density at radius 3 is 2.16 bits per heavy atom. The fraction of sp³-hybridized carbons (Fsp3) is 0.632. The number of piperidine rings is 1. The lowest BCUT2D eigenvalue weighted by molar-refractivity contribution is 0.0911. The van der Waals surface area contributed by atoms with Crippen molar-refractivity contribution in [2.24, 2.45) is 11.8 Å². The number of nitrogens with one attached hydrogen (secondary N) is 1. The van der Waals surface area contributed by atoms with Gasteiger partial charge in [-0.05, 0) is 62.8 Å². The molecule has 1 fully saturated rings. The second-order valence-electron chi connectivity index (χ2n) is 7.98. The monoisotopic (exact) mass is 366 g/mol. The maximum Gasteiger partial charge on any atom is 0.251 e. The van der Waals surface area contributed by atoms with Gasteiger partial charge in [0.1, 0.15) is 0 Å². The Morgan fingerprint density at radius 1 is 1.16 bits per heavy atom. The number of amides is 1. The molecule has 0 spiro atoms. The van der Waals surface area contributed by atoms with Crippen molar-refractivity contribution >= 4 is 15.9 Å². The van der Waals surface area contributed by atoms with Crippen LogP contribution in [-0.2, 0) is 10.0 Å². The Labute approximate surface area is 151 Å². The van der Waals surface area contributed by atoms with Gasteiger partial charge in [-0.15, -0.1) is 0 Å². The summed E-state index contributed by atoms with van der Waals surface area (Å²) in [7, 11) is -3.51. The van der Waals surface area contributed by atoms with Gasteiger partial charge in [-0.3, -0.25) is 4.79 Å². The van der Waals surface area contributed by atoms with E-state index < -0.39 is 10.0 Å². The zero-order chi connectivity index (χ0) is 18.8. The molecular formula is C19H30N2O3S. The first kappa shape index (κ1) is 19.9. The highest BCUT2D eigenvalue weighted by Gasteiger charge is 2.31. The lowest BCUT2D eigenvalue weighted by atomic mass is 9.94. The summed E-state index contributed by atoms with van der Waals surface area (Å²) in [4.78, 5) is 12.5. The molecule has 1 aromatic rings. The van der Waals surface area contributed by atoms with Crippen LogP contribution in [0.2, 0.25) is 0 Å². The summed E-state index contributed by atoms with van der Waals surface area (Å²) in [6.07, 6.45) is 1.87. The first-order valence-electron chi connectivity index (χ1n) is 8.98. The zero-order valence-corrected chi connectivity index (χ0v) is 16.7. The van der Waals surface area contributed by atoms with E-state index in [2.05, 4.69) is 19.2 Å². The molecule has 0 saturated carbocycles. The Bertz CT molecular complexity index is 701. The van der Waals surface area contributed by atoms with E-state index in [-0.39, 0.29) is 16.3 Å². The van der Waals surface area contributed by atoms with Crippen LogP contribution in [0.4, 0.5) is 0 Å². The van der Waals surface area contributed by atoms with Gasteiger partial charge < -0.3 is 5.32 Å². The number of carbonyl (C=O) groups excluding carboxylic acids is 1. The van der Waals surface area contributed by atoms with Crippen molar-refractivity contribution in [2.75, 3.05) is 13.1 Å². The summed E-state index contributed by atoms with van der Waals surface area (Å²) in [5.41, 5.74) is 0.183. The van der Waals surface area contributed by atoms with Crippen molar-refractivity contribution in [2.45, 2.75) is 57.9 Å². The van der Waals surface area contributed by atoms with E-state index in [9.17, 15) is 13.2 Å². The van der Waals surface area contributed by atoms with E-state index in [0.29, 0.717) is 30.5 Å². The summed E-state index contributed by atoms with van der Waals surface area (Å²) in [5.74, 6) is 0.538. The maximum atomic E-state index is 12.9. The average Bonchev–Trinajstić information content (AvgIpc) is 2.53. The Morgan fingerprint density at radius 2 is 1.68 bits per heavy atom. The van der Waals surface area contributed by atoms with Crippen LogP contribution < -0.4 is 5.32 Å². The summed E-state index contributed by atoms with van der Waals surface area (Å²) >= 11 is 0. The van der Waals surface area contributed by atoms with Crippen molar-refractivity contribution in [1.29, 1.82) is 0 Å². The molecule has 1 aliphatic rings. The van der Waals surface area contributed by atoms with Crippen LogP contribution in [-0.4, -0.2) is 37.3 Å². The summed E-state index contributed by atoms with van der Waals surface area (Å²) in [6.45, 7) is 11.2. The largest absolute Gasteiger partial charge is 0.347 e. The fourth-order valence-electron chi connectivity index (χ4n) is 3.20. The van der Waals surface area contributed by atoms with E-state index in [1.165, 1.54) is 12.1 Å². The van der Waals surface area contributed by atoms with Gasteiger partial charge >= 0.3 is 0 Å². The highest BCUT2D eigenvalue weighted by atomic mass is 32.2. The molecule has 1 amide bonds. The number of carbonyl (C=O) groups is 1. The van der Waals surface area contributed by atoms with Crippen LogP contribution >= 0.6 is 0 Å². The summed E-state index contributed by atoms with van der Waals surface area (Å²) in [5, 5.41) is 2.96. The molecule has 1 heterocycles. The van der Waals surface area contributed by atoms with Crippen LogP contribution in [0, 0.1) is 11.8 Å². The van der Waals surface area contributed by atoms with Crippen molar-refractivity contribution in [3.05, 3.63) is 29.8 Å². The van der Waals surface area contributed by atoms with Crippen LogP contribution in [0.5, 0.6) is 0 Å². The summed E-state index contributed by atoms with van der Waals surface area (Å²) < 4.78 is 27.3. The third-order valence-electron chi connectivity index (χ3n) is 4.93. The van der Waals surface area contributed by atoms with Crippen molar-refractivity contribution in [1.82, 2.24) is 9.62 Å². The highest BCUT2D eigenvalue weighted by molar-refractivity contribution is 7.89. The van der Waals surface area contributed by atoms with Crippen LogP contribution in [0.15, 0.2) is 29.2 Å². The molecule has 0 aromatic heterocycles. The van der Waals surface area contributed by atoms with Gasteiger partial charge in [0.2, 0.25) is 10.0 Å². The van der Waals surface area contributed by atoms with Gasteiger partial charge in [0.25, 0.3) is 5.91 Å². The topological polar surface area (TPSA) is 66.5 Å². The third-order valence-corrected chi connectivity index (χ3v) is 6.77. The third kappa shape index (κ3) is 4.82. The molecule has 1 saturated heterocycles. The lowest BCUT2D eigenvalue weighted by Crippen LogP contribution is -2.43. The second kappa shape index (κ2) is 7.46. The molecule has 0 radical (unpaired) electrons. The quantitative estimate of drug-likeness (QED) is 0.870. The van der Waals surface area contributed by atoms with E-state index in [1.54, 1.807) is 16.4 Å². The normalized spacial score (nSPS) is 22.6. The second-order valence-corrected chi connectivity index (χ2v) is 9.92. The maximum absolute atomic E-state index is 12.9. The first-order valence-corrected chi connectivity index (χ1v) is 10.4. The first-order chi connectivity index (χ1) is 11.5. The molecule has 25 heavy (non-hydrogen) atoms. The molecule has 0 unspecified atom stereocenters. The Balaban J connectivity index is 2.17. The van der Waals surface area contributed by atoms with Gasteiger partial charge in [-0.25, -0.2) is 8.42 Å². The molecule has 1 aliphatic heterocycles. The molecule has 0 bridgehead atoms. The Kier molecular flexibility index (Phi) is 5.94. The van der Waals surface area contributed by atoms with Crippen molar-refractivity contribution < 1.29 is 13.2 Å². The molecule has 6 heteroatoms. The van der Waals surface area contributed by atoms with Crippen LogP contribution in [0.3, 0.4) is 0 Å². The number of rotatable bonds is 5. The van der Waals surface area contributed by atoms with Gasteiger partial charge in [0.15, 0.2) is 0 Å². The highest BCUT2D eigenvalue weighted by Crippen LogP contribution is 2.26. The Hall–Kier alpha value is -1.40. The van der Waals surface area contributed by atoms with Crippen LogP contribution in [0.25, 0.3) is 0 Å². The number of sulfonamides is 1. The zero-order valence-electron chi connectivity index (χ0n) is 15.9. The average molecular weight is 367 g/mol. The van der Waals surface area contributed by atoms with E-state index >= 15 is 0 Å². The molecule has 2 atom stereocenters. The smallest absolute Gasteiger partial charge is 0.251 e. The minimum absolute atomic E-state index is 0.184. The van der Waals surface area contributed by atoms with Crippen molar-refractivity contribution in [3.8, 4) is 0 Å². The molecule has 0 aliphatic carbocycles. The molecular weight excluding hydrogens is 336 g/mol. The summed E-state index contributed by atoms with van der Waals surface area (Å²) in [6, 6.07) is 6.25. The molecule has 140 valence electrons. The van der Waals surface area contributed by atoms with Gasteiger partial charge in [0, 0.05) is 24.2 Å². The fourth-order valence-corrected chi connectivity index (χ4v) is 4.88. The number of nitrogens with zero attached hydrogens (tertiary/aromatic N) is 1. The minimum Gasteiger partial charge on any atom is -0.347 e. The predicted octanol–water partition coefficient (Wildman–Crippen LogP) is 3.27. The predicted molar refractivity (Wildman–Crippen MR) is 100.0 cm³/mol. The molecule has 5 nitrogen and oxygen atoms in total. The van der Waals surface area contributed by atoms with E-state index in [0.717, 1.165) is 12.8 Å². The van der Waals surface area contributed by atoms with Gasteiger partial charge in [-0.2, -0.15) is 4.31 Å². The van der Waals surface area contributed by atoms with E-state index in [4.69, 9.17) is 0 Å². The van der Waals surface area contributed by atoms with Crippen LogP contribution in [0.1, 0.15) is 57.8 Å². The molecule has 1 aromatic carbocycles. The molecule has 2 rings (SSSR count). The van der Waals surface area contributed by atoms with Gasteiger partial charge in [-0.1, -0.05) is 20.8 Å². The standard InChI is InChI=1S/C19H30N2O3S/c1-6-19(4,5)20-18(22)16-7-9-17(10-8-16)25(23,24)21-12-14(2)11-15(3)13-21/h7-10,14-15H,6,11-13H2,1-5H3,(H,20,22)/t14-,15-/m0/s1. The number of benzene rings is 1. The number of hydrogen-bond donors (Lipinski definition) is 1. The lowest BCUT2D eigenvalue weighted by Gasteiger charge is -2.34. The number of hydrogen-bond acceptors (Lipinski definition) is 3. The molecule has 1 N–H and O–H groups in total. The SMILES string of the molecule is CCC(C)(C)NC(=O)c1ccc(S(=O)(=O)N2C[C@@H](C)C[C@H](C)C2)cc1. The van der Waals surface area contributed by atoms with Gasteiger partial charge in [0.05, 0.1) is 4.90 Å². The van der Waals surface area contributed by atoms with E-state index in [1.807, 2.05) is 20.8 Å².